The maximum Gasteiger partial charge on any atom is 0.325 e. The highest BCUT2D eigenvalue weighted by Gasteiger charge is 2.27. The minimum Gasteiger partial charge on any atom is -0.480 e. The molecule has 1 aromatic carbocycles. The number of carboxylic acid groups (broad SMARTS) is 1. The lowest BCUT2D eigenvalue weighted by molar-refractivity contribution is -0.141. The summed E-state index contributed by atoms with van der Waals surface area (Å²) >= 11 is 1.52. The number of carboxylic acids is 1. The minimum atomic E-state index is -1.18. The third kappa shape index (κ3) is 8.83. The van der Waals surface area contributed by atoms with Gasteiger partial charge in [-0.2, -0.15) is 11.8 Å². The first-order valence-corrected chi connectivity index (χ1v) is 11.0. The summed E-state index contributed by atoms with van der Waals surface area (Å²) in [4.78, 5) is 48.0. The van der Waals surface area contributed by atoms with E-state index in [9.17, 15) is 19.2 Å². The van der Waals surface area contributed by atoms with Gasteiger partial charge in [0.1, 0.15) is 18.1 Å². The molecule has 4 unspecified atom stereocenters. The predicted molar refractivity (Wildman–Crippen MR) is 116 cm³/mol. The number of carbonyl (C=O) groups is 4. The highest BCUT2D eigenvalue weighted by molar-refractivity contribution is 7.98. The lowest BCUT2D eigenvalue weighted by Gasteiger charge is -2.23. The molecule has 10 heteroatoms. The Morgan fingerprint density at radius 1 is 0.967 bits per heavy atom. The van der Waals surface area contributed by atoms with Gasteiger partial charge in [-0.1, -0.05) is 30.3 Å². The highest BCUT2D eigenvalue weighted by Crippen LogP contribution is 2.05. The van der Waals surface area contributed by atoms with Crippen molar-refractivity contribution >= 4 is 35.5 Å². The zero-order valence-corrected chi connectivity index (χ0v) is 18.2. The van der Waals surface area contributed by atoms with Gasteiger partial charge in [-0.05, 0) is 44.3 Å². The monoisotopic (exact) mass is 438 g/mol. The summed E-state index contributed by atoms with van der Waals surface area (Å²) in [6.45, 7) is 2.76. The van der Waals surface area contributed by atoms with Gasteiger partial charge in [0.2, 0.25) is 17.7 Å². The molecule has 30 heavy (non-hydrogen) atoms. The number of aliphatic carboxylic acids is 1. The van der Waals surface area contributed by atoms with Crippen molar-refractivity contribution in [3.8, 4) is 0 Å². The second-order valence-electron chi connectivity index (χ2n) is 6.94. The van der Waals surface area contributed by atoms with E-state index in [1.165, 1.54) is 25.6 Å². The van der Waals surface area contributed by atoms with E-state index in [0.29, 0.717) is 18.6 Å². The van der Waals surface area contributed by atoms with Crippen LogP contribution in [0.1, 0.15) is 25.8 Å². The Kier molecular flexibility index (Phi) is 10.9. The number of thioether (sulfide) groups is 1. The SMILES string of the molecule is CSCCC(NC(=O)C(N)Cc1ccccc1)C(=O)NC(C)C(=O)NC(C)C(=O)O. The van der Waals surface area contributed by atoms with E-state index in [-0.39, 0.29) is 0 Å². The molecule has 0 radical (unpaired) electrons. The molecule has 0 aromatic heterocycles. The molecule has 0 aliphatic heterocycles. The molecule has 6 N–H and O–H groups in total. The Morgan fingerprint density at radius 3 is 2.13 bits per heavy atom. The molecule has 0 bridgehead atoms. The van der Waals surface area contributed by atoms with E-state index in [2.05, 4.69) is 16.0 Å². The van der Waals surface area contributed by atoms with Crippen LogP contribution in [0.15, 0.2) is 30.3 Å². The van der Waals surface area contributed by atoms with Gasteiger partial charge in [0.25, 0.3) is 0 Å². The van der Waals surface area contributed by atoms with E-state index >= 15 is 0 Å². The number of hydrogen-bond acceptors (Lipinski definition) is 6. The fourth-order valence-corrected chi connectivity index (χ4v) is 3.00. The van der Waals surface area contributed by atoms with Crippen LogP contribution < -0.4 is 21.7 Å². The summed E-state index contributed by atoms with van der Waals surface area (Å²) in [5.41, 5.74) is 6.90. The normalized spacial score (nSPS) is 14.7. The number of hydrogen-bond donors (Lipinski definition) is 5. The largest absolute Gasteiger partial charge is 0.480 e. The first-order chi connectivity index (χ1) is 14.1. The van der Waals surface area contributed by atoms with E-state index in [4.69, 9.17) is 10.8 Å². The van der Waals surface area contributed by atoms with Crippen LogP contribution in [0, 0.1) is 0 Å². The molecule has 4 atom stereocenters. The maximum atomic E-state index is 12.6. The minimum absolute atomic E-state index is 0.329. The average molecular weight is 439 g/mol. The summed E-state index contributed by atoms with van der Waals surface area (Å²) in [6.07, 6.45) is 2.56. The number of benzene rings is 1. The van der Waals surface area contributed by atoms with Gasteiger partial charge in [0.05, 0.1) is 6.04 Å². The number of rotatable bonds is 12. The number of amides is 3. The standard InChI is InChI=1S/C20H30N4O5S/c1-12(17(25)23-13(2)20(28)29)22-19(27)16(9-10-30-3)24-18(26)15(21)11-14-7-5-4-6-8-14/h4-8,12-13,15-16H,9-11,21H2,1-3H3,(H,22,27)(H,23,25)(H,24,26)(H,28,29). The molecule has 3 amide bonds. The Morgan fingerprint density at radius 2 is 1.57 bits per heavy atom. The van der Waals surface area contributed by atoms with Crippen molar-refractivity contribution in [1.82, 2.24) is 16.0 Å². The summed E-state index contributed by atoms with van der Waals surface area (Å²) in [7, 11) is 0. The number of carbonyl (C=O) groups excluding carboxylic acids is 3. The molecule has 1 aromatic rings. The van der Waals surface area contributed by atoms with Gasteiger partial charge in [0.15, 0.2) is 0 Å². The molecule has 0 aliphatic rings. The zero-order chi connectivity index (χ0) is 22.7. The van der Waals surface area contributed by atoms with Crippen molar-refractivity contribution in [2.75, 3.05) is 12.0 Å². The summed E-state index contributed by atoms with van der Waals surface area (Å²) in [5.74, 6) is -2.19. The van der Waals surface area contributed by atoms with E-state index in [1.807, 2.05) is 36.6 Å². The smallest absolute Gasteiger partial charge is 0.325 e. The van der Waals surface area contributed by atoms with Crippen LogP contribution in [0.3, 0.4) is 0 Å². The zero-order valence-electron chi connectivity index (χ0n) is 17.4. The second kappa shape index (κ2) is 12.9. The third-order valence-corrected chi connectivity index (χ3v) is 5.00. The van der Waals surface area contributed by atoms with Crippen molar-refractivity contribution in [3.63, 3.8) is 0 Å². The first-order valence-electron chi connectivity index (χ1n) is 9.58. The van der Waals surface area contributed by atoms with Gasteiger partial charge in [-0.25, -0.2) is 0 Å². The van der Waals surface area contributed by atoms with Crippen molar-refractivity contribution in [2.24, 2.45) is 5.73 Å². The van der Waals surface area contributed by atoms with Crippen LogP contribution in [0.2, 0.25) is 0 Å². The van der Waals surface area contributed by atoms with E-state index < -0.39 is 47.9 Å². The highest BCUT2D eigenvalue weighted by atomic mass is 32.2. The van der Waals surface area contributed by atoms with Crippen LogP contribution >= 0.6 is 11.8 Å². The lowest BCUT2D eigenvalue weighted by Crippen LogP contribution is -2.56. The molecule has 166 valence electrons. The van der Waals surface area contributed by atoms with Crippen LogP contribution in [-0.4, -0.2) is 65.0 Å². The molecule has 9 nitrogen and oxygen atoms in total. The Bertz CT molecular complexity index is 731. The van der Waals surface area contributed by atoms with Crippen LogP contribution in [0.4, 0.5) is 0 Å². The Labute approximate surface area is 180 Å². The van der Waals surface area contributed by atoms with E-state index in [1.54, 1.807) is 0 Å². The fourth-order valence-electron chi connectivity index (χ4n) is 2.52. The molecular weight excluding hydrogens is 408 g/mol. The molecule has 0 spiro atoms. The van der Waals surface area contributed by atoms with Gasteiger partial charge in [0, 0.05) is 0 Å². The Balaban J connectivity index is 2.70. The van der Waals surface area contributed by atoms with Gasteiger partial charge in [-0.15, -0.1) is 0 Å². The predicted octanol–water partition coefficient (Wildman–Crippen LogP) is -0.112. The average Bonchev–Trinajstić information content (AvgIpc) is 2.71. The number of nitrogens with two attached hydrogens (primary N) is 1. The summed E-state index contributed by atoms with van der Waals surface area (Å²) in [6, 6.07) is 5.57. The van der Waals surface area contributed by atoms with Crippen molar-refractivity contribution < 1.29 is 24.3 Å². The summed E-state index contributed by atoms with van der Waals surface area (Å²) < 4.78 is 0. The van der Waals surface area contributed by atoms with Crippen LogP contribution in [-0.2, 0) is 25.6 Å². The van der Waals surface area contributed by atoms with Crippen molar-refractivity contribution in [1.29, 1.82) is 0 Å². The molecule has 1 rings (SSSR count). The third-order valence-electron chi connectivity index (χ3n) is 4.36. The Hall–Kier alpha value is -2.59. The van der Waals surface area contributed by atoms with Gasteiger partial charge < -0.3 is 26.8 Å². The quantitative estimate of drug-likeness (QED) is 0.305. The topological polar surface area (TPSA) is 151 Å². The van der Waals surface area contributed by atoms with Crippen molar-refractivity contribution in [2.45, 2.75) is 50.9 Å². The van der Waals surface area contributed by atoms with E-state index in [0.717, 1.165) is 5.56 Å². The second-order valence-corrected chi connectivity index (χ2v) is 7.92. The van der Waals surface area contributed by atoms with Crippen molar-refractivity contribution in [3.05, 3.63) is 35.9 Å². The molecule has 0 heterocycles. The molecule has 0 saturated carbocycles. The molecule has 0 fully saturated rings. The number of nitrogens with one attached hydrogen (secondary N) is 3. The molecular formula is C20H30N4O5S. The maximum absolute atomic E-state index is 12.6. The fraction of sp³-hybridized carbons (Fsp3) is 0.500. The summed E-state index contributed by atoms with van der Waals surface area (Å²) in [5, 5.41) is 16.3. The van der Waals surface area contributed by atoms with Crippen LogP contribution in [0.25, 0.3) is 0 Å². The molecule has 0 aliphatic carbocycles. The first kappa shape index (κ1) is 25.4. The molecule has 0 saturated heterocycles. The lowest BCUT2D eigenvalue weighted by atomic mass is 10.1. The van der Waals surface area contributed by atoms with Gasteiger partial charge >= 0.3 is 5.97 Å². The van der Waals surface area contributed by atoms with Crippen LogP contribution in [0.5, 0.6) is 0 Å². The van der Waals surface area contributed by atoms with Gasteiger partial charge in [-0.3, -0.25) is 19.2 Å².